The molecule has 0 radical (unpaired) electrons. The van der Waals surface area contributed by atoms with E-state index in [-0.39, 0.29) is 18.1 Å². The zero-order chi connectivity index (χ0) is 11.4. The van der Waals surface area contributed by atoms with E-state index < -0.39 is 6.10 Å². The Bertz CT molecular complexity index is 347. The topological polar surface area (TPSA) is 37.3 Å². The summed E-state index contributed by atoms with van der Waals surface area (Å²) in [6.45, 7) is 3.63. The van der Waals surface area contributed by atoms with Gasteiger partial charge in [0.05, 0.1) is 0 Å². The van der Waals surface area contributed by atoms with E-state index in [0.29, 0.717) is 5.02 Å². The molecule has 1 aromatic carbocycles. The molecule has 0 aliphatic carbocycles. The van der Waals surface area contributed by atoms with Crippen LogP contribution < -0.4 is 0 Å². The van der Waals surface area contributed by atoms with E-state index in [2.05, 4.69) is 0 Å². The summed E-state index contributed by atoms with van der Waals surface area (Å²) in [5, 5.41) is 10.1. The van der Waals surface area contributed by atoms with Crippen LogP contribution in [0.3, 0.4) is 0 Å². The molecule has 0 aliphatic rings. The van der Waals surface area contributed by atoms with Gasteiger partial charge in [0.15, 0.2) is 5.78 Å². The maximum absolute atomic E-state index is 11.6. The van der Waals surface area contributed by atoms with Crippen molar-refractivity contribution in [3.8, 4) is 0 Å². The van der Waals surface area contributed by atoms with Crippen molar-refractivity contribution >= 4 is 17.4 Å². The van der Waals surface area contributed by atoms with Crippen LogP contribution >= 0.6 is 11.6 Å². The van der Waals surface area contributed by atoms with Crippen molar-refractivity contribution in [3.05, 3.63) is 34.9 Å². The molecule has 0 aromatic heterocycles. The van der Waals surface area contributed by atoms with Crippen LogP contribution in [0.1, 0.15) is 19.4 Å². The maximum Gasteiger partial charge on any atom is 0.165 e. The number of aliphatic hydroxyl groups is 1. The lowest BCUT2D eigenvalue weighted by atomic mass is 9.98. The first-order valence-corrected chi connectivity index (χ1v) is 5.34. The van der Waals surface area contributed by atoms with Crippen molar-refractivity contribution in [2.45, 2.75) is 26.4 Å². The SMILES string of the molecule is CC(C)C(O)C(=O)Cc1ccccc1Cl. The fraction of sp³-hybridized carbons (Fsp3) is 0.417. The predicted octanol–water partition coefficient (Wildman–Crippen LogP) is 2.47. The zero-order valence-corrected chi connectivity index (χ0v) is 9.66. The molecule has 0 bridgehead atoms. The summed E-state index contributed by atoms with van der Waals surface area (Å²) in [7, 11) is 0. The van der Waals surface area contributed by atoms with E-state index >= 15 is 0 Å². The van der Waals surface area contributed by atoms with Crippen LogP contribution in [-0.4, -0.2) is 17.0 Å². The molecule has 1 N–H and O–H groups in total. The van der Waals surface area contributed by atoms with Crippen LogP contribution in [0, 0.1) is 5.92 Å². The zero-order valence-electron chi connectivity index (χ0n) is 8.90. The van der Waals surface area contributed by atoms with Crippen LogP contribution in [0.25, 0.3) is 0 Å². The lowest BCUT2D eigenvalue weighted by Gasteiger charge is -2.13. The van der Waals surface area contributed by atoms with Crippen LogP contribution in [0.2, 0.25) is 5.02 Å². The van der Waals surface area contributed by atoms with Crippen molar-refractivity contribution in [2.75, 3.05) is 0 Å². The Balaban J connectivity index is 2.71. The van der Waals surface area contributed by atoms with E-state index in [1.807, 2.05) is 26.0 Å². The number of benzene rings is 1. The number of hydrogen-bond donors (Lipinski definition) is 1. The Labute approximate surface area is 94.9 Å². The molecular formula is C12H15ClO2. The minimum Gasteiger partial charge on any atom is -0.385 e. The minimum absolute atomic E-state index is 0.0556. The van der Waals surface area contributed by atoms with Gasteiger partial charge in [-0.05, 0) is 17.5 Å². The van der Waals surface area contributed by atoms with Gasteiger partial charge in [-0.1, -0.05) is 43.6 Å². The van der Waals surface area contributed by atoms with Crippen molar-refractivity contribution in [2.24, 2.45) is 5.92 Å². The minimum atomic E-state index is -0.902. The Morgan fingerprint density at radius 1 is 1.40 bits per heavy atom. The first-order chi connectivity index (χ1) is 7.02. The first-order valence-electron chi connectivity index (χ1n) is 4.96. The molecule has 1 aromatic rings. The third kappa shape index (κ3) is 3.33. The normalized spacial score (nSPS) is 12.9. The van der Waals surface area contributed by atoms with E-state index in [0.717, 1.165) is 5.56 Å². The highest BCUT2D eigenvalue weighted by Gasteiger charge is 2.19. The van der Waals surface area contributed by atoms with Crippen molar-refractivity contribution in [1.29, 1.82) is 0 Å². The monoisotopic (exact) mass is 226 g/mol. The number of aliphatic hydroxyl groups excluding tert-OH is 1. The number of hydrogen-bond acceptors (Lipinski definition) is 2. The number of ketones is 1. The lowest BCUT2D eigenvalue weighted by Crippen LogP contribution is -2.27. The molecule has 0 heterocycles. The van der Waals surface area contributed by atoms with Crippen molar-refractivity contribution in [1.82, 2.24) is 0 Å². The molecule has 0 saturated carbocycles. The summed E-state index contributed by atoms with van der Waals surface area (Å²) in [6.07, 6.45) is -0.708. The fourth-order valence-corrected chi connectivity index (χ4v) is 1.51. The third-order valence-corrected chi connectivity index (χ3v) is 2.65. The van der Waals surface area contributed by atoms with Gasteiger partial charge in [-0.2, -0.15) is 0 Å². The molecule has 0 spiro atoms. The number of halogens is 1. The largest absolute Gasteiger partial charge is 0.385 e. The number of carbonyl (C=O) groups excluding carboxylic acids is 1. The Morgan fingerprint density at radius 3 is 2.53 bits per heavy atom. The summed E-state index contributed by atoms with van der Waals surface area (Å²) in [6, 6.07) is 7.19. The molecule has 3 heteroatoms. The highest BCUT2D eigenvalue weighted by atomic mass is 35.5. The second-order valence-corrected chi connectivity index (χ2v) is 4.33. The molecular weight excluding hydrogens is 212 g/mol. The molecule has 0 aliphatic heterocycles. The average molecular weight is 227 g/mol. The third-order valence-electron chi connectivity index (χ3n) is 2.28. The molecule has 82 valence electrons. The molecule has 1 rings (SSSR count). The van der Waals surface area contributed by atoms with Crippen LogP contribution in [0.4, 0.5) is 0 Å². The number of rotatable bonds is 4. The van der Waals surface area contributed by atoms with E-state index in [9.17, 15) is 9.90 Å². The van der Waals surface area contributed by atoms with E-state index in [1.54, 1.807) is 12.1 Å². The quantitative estimate of drug-likeness (QED) is 0.857. The predicted molar refractivity (Wildman–Crippen MR) is 61.0 cm³/mol. The lowest BCUT2D eigenvalue weighted by molar-refractivity contribution is -0.128. The van der Waals surface area contributed by atoms with Gasteiger partial charge in [0.1, 0.15) is 6.10 Å². The molecule has 1 atom stereocenters. The average Bonchev–Trinajstić information content (AvgIpc) is 2.20. The van der Waals surface area contributed by atoms with Gasteiger partial charge in [-0.15, -0.1) is 0 Å². The number of Topliss-reactive ketones (excluding diaryl/α,β-unsaturated/α-hetero) is 1. The molecule has 0 amide bonds. The highest BCUT2D eigenvalue weighted by molar-refractivity contribution is 6.31. The molecule has 15 heavy (non-hydrogen) atoms. The standard InChI is InChI=1S/C12H15ClO2/c1-8(2)12(15)11(14)7-9-5-3-4-6-10(9)13/h3-6,8,12,15H,7H2,1-2H3. The molecule has 0 fully saturated rings. The van der Waals surface area contributed by atoms with Gasteiger partial charge in [-0.25, -0.2) is 0 Å². The Hall–Kier alpha value is -0.860. The summed E-state index contributed by atoms with van der Waals surface area (Å²) in [4.78, 5) is 11.6. The molecule has 2 nitrogen and oxygen atoms in total. The smallest absolute Gasteiger partial charge is 0.165 e. The van der Waals surface area contributed by atoms with Crippen LogP contribution in [0.15, 0.2) is 24.3 Å². The van der Waals surface area contributed by atoms with Gasteiger partial charge in [0.2, 0.25) is 0 Å². The van der Waals surface area contributed by atoms with Gasteiger partial charge in [0, 0.05) is 11.4 Å². The van der Waals surface area contributed by atoms with E-state index in [1.165, 1.54) is 0 Å². The highest BCUT2D eigenvalue weighted by Crippen LogP contribution is 2.17. The van der Waals surface area contributed by atoms with Crippen molar-refractivity contribution < 1.29 is 9.90 Å². The Morgan fingerprint density at radius 2 is 2.00 bits per heavy atom. The molecule has 1 unspecified atom stereocenters. The van der Waals surface area contributed by atoms with Crippen molar-refractivity contribution in [3.63, 3.8) is 0 Å². The summed E-state index contributed by atoms with van der Waals surface area (Å²) in [5.74, 6) is -0.238. The second-order valence-electron chi connectivity index (χ2n) is 3.92. The summed E-state index contributed by atoms with van der Waals surface area (Å²) < 4.78 is 0. The van der Waals surface area contributed by atoms with E-state index in [4.69, 9.17) is 11.6 Å². The number of carbonyl (C=O) groups is 1. The van der Waals surface area contributed by atoms with Gasteiger partial charge in [-0.3, -0.25) is 4.79 Å². The van der Waals surface area contributed by atoms with Gasteiger partial charge in [0.25, 0.3) is 0 Å². The fourth-order valence-electron chi connectivity index (χ4n) is 1.31. The van der Waals surface area contributed by atoms with Crippen LogP contribution in [0.5, 0.6) is 0 Å². The van der Waals surface area contributed by atoms with Gasteiger partial charge < -0.3 is 5.11 Å². The maximum atomic E-state index is 11.6. The summed E-state index contributed by atoms with van der Waals surface area (Å²) in [5.41, 5.74) is 0.767. The van der Waals surface area contributed by atoms with Gasteiger partial charge >= 0.3 is 0 Å². The Kier molecular flexibility index (Phi) is 4.30. The molecule has 0 saturated heterocycles. The summed E-state index contributed by atoms with van der Waals surface area (Å²) >= 11 is 5.92. The second kappa shape index (κ2) is 5.29. The van der Waals surface area contributed by atoms with Crippen LogP contribution in [-0.2, 0) is 11.2 Å². The first kappa shape index (κ1) is 12.2.